The lowest BCUT2D eigenvalue weighted by atomic mass is 10.1. The fourth-order valence-electron chi connectivity index (χ4n) is 2.22. The minimum Gasteiger partial charge on any atom is -0.353 e. The number of imidazole rings is 1. The van der Waals surface area contributed by atoms with Crippen molar-refractivity contribution in [2.45, 2.75) is 50.7 Å². The van der Waals surface area contributed by atoms with Gasteiger partial charge in [-0.1, -0.05) is 50.1 Å². The SMILES string of the molecule is CCCCCC(C)NC(=O)CSc1nc2ccccc2[nH]1. The first-order chi connectivity index (χ1) is 10.2. The molecule has 0 fully saturated rings. The van der Waals surface area contributed by atoms with Gasteiger partial charge < -0.3 is 10.3 Å². The Bertz CT molecular complexity index is 549. The standard InChI is InChI=1S/C16H23N3OS/c1-3-4-5-8-12(2)17-15(20)11-21-16-18-13-9-6-7-10-14(13)19-16/h6-7,9-10,12H,3-5,8,11H2,1-2H3,(H,17,20)(H,18,19). The second-order valence-electron chi connectivity index (χ2n) is 5.31. The third-order valence-electron chi connectivity index (χ3n) is 3.36. The van der Waals surface area contributed by atoms with Crippen LogP contribution < -0.4 is 5.32 Å². The maximum atomic E-state index is 11.9. The Balaban J connectivity index is 1.75. The first kappa shape index (κ1) is 15.9. The fraction of sp³-hybridized carbons (Fsp3) is 0.500. The largest absolute Gasteiger partial charge is 0.353 e. The van der Waals surface area contributed by atoms with Crippen molar-refractivity contribution < 1.29 is 4.79 Å². The first-order valence-electron chi connectivity index (χ1n) is 7.56. The molecule has 1 aromatic carbocycles. The number of carbonyl (C=O) groups is 1. The molecule has 114 valence electrons. The number of nitrogens with one attached hydrogen (secondary N) is 2. The van der Waals surface area contributed by atoms with Gasteiger partial charge in [-0.2, -0.15) is 0 Å². The molecule has 0 aliphatic heterocycles. The molecule has 1 heterocycles. The van der Waals surface area contributed by atoms with Gasteiger partial charge in [0.05, 0.1) is 16.8 Å². The minimum atomic E-state index is 0.0736. The topological polar surface area (TPSA) is 57.8 Å². The van der Waals surface area contributed by atoms with E-state index in [2.05, 4.69) is 29.1 Å². The van der Waals surface area contributed by atoms with Crippen LogP contribution in [-0.2, 0) is 4.79 Å². The quantitative estimate of drug-likeness (QED) is 0.577. The van der Waals surface area contributed by atoms with Crippen molar-refractivity contribution in [2.75, 3.05) is 5.75 Å². The number of carbonyl (C=O) groups excluding carboxylic acids is 1. The predicted molar refractivity (Wildman–Crippen MR) is 88.6 cm³/mol. The molecule has 0 aliphatic carbocycles. The molecule has 1 aromatic heterocycles. The number of hydrogen-bond donors (Lipinski definition) is 2. The summed E-state index contributed by atoms with van der Waals surface area (Å²) in [7, 11) is 0. The number of thioether (sulfide) groups is 1. The van der Waals surface area contributed by atoms with Crippen LogP contribution in [-0.4, -0.2) is 27.7 Å². The highest BCUT2D eigenvalue weighted by Crippen LogP contribution is 2.18. The number of aromatic amines is 1. The van der Waals surface area contributed by atoms with Crippen molar-refractivity contribution in [3.63, 3.8) is 0 Å². The van der Waals surface area contributed by atoms with Crippen LogP contribution in [0.25, 0.3) is 11.0 Å². The molecule has 0 aliphatic rings. The Hall–Kier alpha value is -1.49. The van der Waals surface area contributed by atoms with Crippen molar-refractivity contribution in [3.05, 3.63) is 24.3 Å². The molecule has 1 unspecified atom stereocenters. The number of rotatable bonds is 8. The molecule has 2 rings (SSSR count). The van der Waals surface area contributed by atoms with E-state index in [9.17, 15) is 4.79 Å². The molecule has 4 nitrogen and oxygen atoms in total. The fourth-order valence-corrected chi connectivity index (χ4v) is 2.92. The van der Waals surface area contributed by atoms with Crippen LogP contribution in [0.1, 0.15) is 39.5 Å². The highest BCUT2D eigenvalue weighted by molar-refractivity contribution is 7.99. The first-order valence-corrected chi connectivity index (χ1v) is 8.54. The lowest BCUT2D eigenvalue weighted by Crippen LogP contribution is -2.33. The molecule has 0 radical (unpaired) electrons. The van der Waals surface area contributed by atoms with Crippen LogP contribution in [0.5, 0.6) is 0 Å². The number of hydrogen-bond acceptors (Lipinski definition) is 3. The maximum absolute atomic E-state index is 11.9. The summed E-state index contributed by atoms with van der Waals surface area (Å²) in [6, 6.07) is 8.14. The van der Waals surface area contributed by atoms with E-state index in [1.54, 1.807) is 0 Å². The number of amides is 1. The molecule has 0 spiro atoms. The van der Waals surface area contributed by atoms with Gasteiger partial charge in [0.1, 0.15) is 0 Å². The zero-order valence-electron chi connectivity index (χ0n) is 12.7. The Morgan fingerprint density at radius 1 is 1.38 bits per heavy atom. The summed E-state index contributed by atoms with van der Waals surface area (Å²) in [4.78, 5) is 19.6. The Kier molecular flexibility index (Phi) is 6.11. The number of nitrogens with zero attached hydrogens (tertiary/aromatic N) is 1. The monoisotopic (exact) mass is 305 g/mol. The summed E-state index contributed by atoms with van der Waals surface area (Å²) in [5.41, 5.74) is 1.95. The lowest BCUT2D eigenvalue weighted by Gasteiger charge is -2.12. The van der Waals surface area contributed by atoms with Gasteiger partial charge in [-0.3, -0.25) is 4.79 Å². The Morgan fingerprint density at radius 2 is 2.19 bits per heavy atom. The normalized spacial score (nSPS) is 12.5. The molecule has 5 heteroatoms. The average molecular weight is 305 g/mol. The van der Waals surface area contributed by atoms with Gasteiger partial charge in [-0.15, -0.1) is 0 Å². The summed E-state index contributed by atoms with van der Waals surface area (Å²) < 4.78 is 0. The number of unbranched alkanes of at least 4 members (excludes halogenated alkanes) is 2. The number of H-pyrrole nitrogens is 1. The van der Waals surface area contributed by atoms with Gasteiger partial charge in [-0.25, -0.2) is 4.98 Å². The number of fused-ring (bicyclic) bond motifs is 1. The van der Waals surface area contributed by atoms with Crippen LogP contribution in [0, 0.1) is 0 Å². The van der Waals surface area contributed by atoms with Crippen molar-refractivity contribution in [1.82, 2.24) is 15.3 Å². The Morgan fingerprint density at radius 3 is 2.95 bits per heavy atom. The minimum absolute atomic E-state index is 0.0736. The molecule has 2 aromatic rings. The summed E-state index contributed by atoms with van der Waals surface area (Å²) in [6.45, 7) is 4.26. The lowest BCUT2D eigenvalue weighted by molar-refractivity contribution is -0.119. The van der Waals surface area contributed by atoms with Gasteiger partial charge >= 0.3 is 0 Å². The van der Waals surface area contributed by atoms with E-state index in [1.807, 2.05) is 24.3 Å². The third-order valence-corrected chi connectivity index (χ3v) is 4.23. The summed E-state index contributed by atoms with van der Waals surface area (Å²) in [5.74, 6) is 0.474. The van der Waals surface area contributed by atoms with E-state index in [1.165, 1.54) is 31.0 Å². The van der Waals surface area contributed by atoms with Gasteiger partial charge in [0, 0.05) is 6.04 Å². The van der Waals surface area contributed by atoms with Gasteiger partial charge in [0.25, 0.3) is 0 Å². The molecule has 0 bridgehead atoms. The van der Waals surface area contributed by atoms with Crippen LogP contribution in [0.4, 0.5) is 0 Å². The highest BCUT2D eigenvalue weighted by Gasteiger charge is 2.09. The molecule has 1 amide bonds. The third kappa shape index (κ3) is 5.08. The Labute approximate surface area is 130 Å². The van der Waals surface area contributed by atoms with Crippen LogP contribution in [0.3, 0.4) is 0 Å². The number of benzene rings is 1. The summed E-state index contributed by atoms with van der Waals surface area (Å²) >= 11 is 1.45. The second kappa shape index (κ2) is 8.08. The zero-order chi connectivity index (χ0) is 15.1. The van der Waals surface area contributed by atoms with Crippen LogP contribution in [0.2, 0.25) is 0 Å². The van der Waals surface area contributed by atoms with E-state index in [-0.39, 0.29) is 11.9 Å². The predicted octanol–water partition coefficient (Wildman–Crippen LogP) is 3.74. The van der Waals surface area contributed by atoms with Gasteiger partial charge in [-0.05, 0) is 25.5 Å². The van der Waals surface area contributed by atoms with E-state index in [0.717, 1.165) is 22.6 Å². The molecule has 21 heavy (non-hydrogen) atoms. The van der Waals surface area contributed by atoms with Crippen molar-refractivity contribution in [2.24, 2.45) is 0 Å². The van der Waals surface area contributed by atoms with Gasteiger partial charge in [0.15, 0.2) is 5.16 Å². The number of aromatic nitrogens is 2. The highest BCUT2D eigenvalue weighted by atomic mass is 32.2. The molecular formula is C16H23N3OS. The average Bonchev–Trinajstić information content (AvgIpc) is 2.88. The summed E-state index contributed by atoms with van der Waals surface area (Å²) in [6.07, 6.45) is 4.67. The van der Waals surface area contributed by atoms with E-state index >= 15 is 0 Å². The molecule has 0 saturated carbocycles. The van der Waals surface area contributed by atoms with E-state index < -0.39 is 0 Å². The second-order valence-corrected chi connectivity index (χ2v) is 6.28. The molecule has 2 N–H and O–H groups in total. The smallest absolute Gasteiger partial charge is 0.230 e. The zero-order valence-corrected chi connectivity index (χ0v) is 13.5. The number of para-hydroxylation sites is 2. The molecule has 0 saturated heterocycles. The van der Waals surface area contributed by atoms with Crippen LogP contribution in [0.15, 0.2) is 29.4 Å². The van der Waals surface area contributed by atoms with Crippen molar-refractivity contribution in [3.8, 4) is 0 Å². The van der Waals surface area contributed by atoms with Crippen molar-refractivity contribution in [1.29, 1.82) is 0 Å². The maximum Gasteiger partial charge on any atom is 0.230 e. The molecule has 1 atom stereocenters. The van der Waals surface area contributed by atoms with Crippen molar-refractivity contribution >= 4 is 28.7 Å². The van der Waals surface area contributed by atoms with E-state index in [4.69, 9.17) is 0 Å². The molecular weight excluding hydrogens is 282 g/mol. The summed E-state index contributed by atoms with van der Waals surface area (Å²) in [5, 5.41) is 3.84. The van der Waals surface area contributed by atoms with Gasteiger partial charge in [0.2, 0.25) is 5.91 Å². The van der Waals surface area contributed by atoms with E-state index in [0.29, 0.717) is 5.75 Å². The van der Waals surface area contributed by atoms with Crippen LogP contribution >= 0.6 is 11.8 Å².